The van der Waals surface area contributed by atoms with Crippen molar-refractivity contribution in [3.63, 3.8) is 0 Å². The Bertz CT molecular complexity index is 566. The molecule has 5 nitrogen and oxygen atoms in total. The van der Waals surface area contributed by atoms with Gasteiger partial charge in [-0.1, -0.05) is 31.2 Å². The number of aryl methyl sites for hydroxylation is 1. The van der Waals surface area contributed by atoms with Gasteiger partial charge < -0.3 is 10.6 Å². The molecule has 0 atom stereocenters. The van der Waals surface area contributed by atoms with Crippen molar-refractivity contribution in [2.45, 2.75) is 33.4 Å². The number of hydrogen-bond donors (Lipinski definition) is 3. The zero-order valence-electron chi connectivity index (χ0n) is 13.1. The van der Waals surface area contributed by atoms with Crippen molar-refractivity contribution in [3.05, 3.63) is 53.3 Å². The maximum Gasteiger partial charge on any atom is 0.191 e. The molecule has 0 saturated heterocycles. The molecular formula is C16H24IN5. The van der Waals surface area contributed by atoms with E-state index in [1.54, 1.807) is 6.20 Å². The lowest BCUT2D eigenvalue weighted by Gasteiger charge is -2.11. The Hall–Kier alpha value is -1.57. The van der Waals surface area contributed by atoms with Crippen LogP contribution in [0, 0.1) is 0 Å². The Kier molecular flexibility index (Phi) is 8.57. The molecule has 0 spiro atoms. The van der Waals surface area contributed by atoms with E-state index in [4.69, 9.17) is 0 Å². The van der Waals surface area contributed by atoms with Gasteiger partial charge in [0.05, 0.1) is 18.8 Å². The molecule has 1 heterocycles. The molecule has 2 rings (SSSR count). The Morgan fingerprint density at radius 2 is 1.91 bits per heavy atom. The van der Waals surface area contributed by atoms with Gasteiger partial charge in [-0.2, -0.15) is 5.10 Å². The minimum atomic E-state index is 0. The van der Waals surface area contributed by atoms with Crippen molar-refractivity contribution < 1.29 is 0 Å². The van der Waals surface area contributed by atoms with E-state index in [0.717, 1.165) is 24.6 Å². The molecule has 0 aliphatic rings. The minimum Gasteiger partial charge on any atom is -0.357 e. The normalized spacial score (nSPS) is 10.9. The van der Waals surface area contributed by atoms with E-state index in [0.29, 0.717) is 13.1 Å². The first-order chi connectivity index (χ1) is 10.3. The first-order valence-electron chi connectivity index (χ1n) is 7.40. The maximum atomic E-state index is 4.65. The summed E-state index contributed by atoms with van der Waals surface area (Å²) in [5, 5.41) is 13.4. The van der Waals surface area contributed by atoms with Crippen LogP contribution in [0.3, 0.4) is 0 Å². The lowest BCUT2D eigenvalue weighted by molar-refractivity contribution is 0.793. The fourth-order valence-corrected chi connectivity index (χ4v) is 2.12. The molecule has 0 fully saturated rings. The molecule has 3 N–H and O–H groups in total. The average Bonchev–Trinajstić information content (AvgIpc) is 3.03. The zero-order valence-corrected chi connectivity index (χ0v) is 15.4. The number of hydrogen-bond acceptors (Lipinski definition) is 2. The molecule has 6 heteroatoms. The van der Waals surface area contributed by atoms with Crippen molar-refractivity contribution in [1.82, 2.24) is 20.8 Å². The quantitative estimate of drug-likeness (QED) is 0.388. The second kappa shape index (κ2) is 10.2. The topological polar surface area (TPSA) is 65.1 Å². The number of rotatable bonds is 6. The van der Waals surface area contributed by atoms with Crippen LogP contribution >= 0.6 is 24.0 Å². The van der Waals surface area contributed by atoms with Crippen molar-refractivity contribution in [3.8, 4) is 0 Å². The van der Waals surface area contributed by atoms with Crippen molar-refractivity contribution in [1.29, 1.82) is 0 Å². The first kappa shape index (κ1) is 18.5. The van der Waals surface area contributed by atoms with Crippen LogP contribution in [0.25, 0.3) is 0 Å². The summed E-state index contributed by atoms with van der Waals surface area (Å²) < 4.78 is 0. The van der Waals surface area contributed by atoms with Crippen LogP contribution in [0.1, 0.15) is 30.7 Å². The van der Waals surface area contributed by atoms with E-state index in [9.17, 15) is 0 Å². The van der Waals surface area contributed by atoms with Gasteiger partial charge >= 0.3 is 0 Å². The summed E-state index contributed by atoms with van der Waals surface area (Å²) >= 11 is 0. The molecule has 2 aromatic rings. The molecule has 0 aliphatic carbocycles. The Balaban J connectivity index is 0.00000242. The third-order valence-corrected chi connectivity index (χ3v) is 3.26. The molecule has 0 aliphatic heterocycles. The number of nitrogens with zero attached hydrogens (tertiary/aromatic N) is 2. The van der Waals surface area contributed by atoms with Gasteiger partial charge in [-0.05, 0) is 30.5 Å². The number of aliphatic imine (C=N–C) groups is 1. The van der Waals surface area contributed by atoms with E-state index in [1.807, 2.05) is 6.07 Å². The Morgan fingerprint density at radius 1 is 1.14 bits per heavy atom. The van der Waals surface area contributed by atoms with Crippen LogP contribution in [-0.2, 0) is 19.5 Å². The summed E-state index contributed by atoms with van der Waals surface area (Å²) in [6, 6.07) is 10.4. The Morgan fingerprint density at radius 3 is 2.55 bits per heavy atom. The summed E-state index contributed by atoms with van der Waals surface area (Å²) in [5.74, 6) is 0.818. The predicted octanol–water partition coefficient (Wildman–Crippen LogP) is 2.85. The smallest absolute Gasteiger partial charge is 0.191 e. The summed E-state index contributed by atoms with van der Waals surface area (Å²) in [6.45, 7) is 6.44. The molecule has 0 bridgehead atoms. The largest absolute Gasteiger partial charge is 0.357 e. The highest BCUT2D eigenvalue weighted by Crippen LogP contribution is 2.10. The van der Waals surface area contributed by atoms with E-state index < -0.39 is 0 Å². The lowest BCUT2D eigenvalue weighted by Crippen LogP contribution is -2.36. The number of nitrogens with one attached hydrogen (secondary N) is 3. The van der Waals surface area contributed by atoms with Gasteiger partial charge in [-0.15, -0.1) is 24.0 Å². The minimum absolute atomic E-state index is 0. The van der Waals surface area contributed by atoms with Crippen molar-refractivity contribution >= 4 is 29.9 Å². The van der Waals surface area contributed by atoms with E-state index in [2.05, 4.69) is 63.9 Å². The monoisotopic (exact) mass is 413 g/mol. The van der Waals surface area contributed by atoms with E-state index in [-0.39, 0.29) is 24.0 Å². The predicted molar refractivity (Wildman–Crippen MR) is 101 cm³/mol. The fraction of sp³-hybridized carbons (Fsp3) is 0.375. The van der Waals surface area contributed by atoms with Crippen molar-refractivity contribution in [2.75, 3.05) is 6.54 Å². The average molecular weight is 413 g/mol. The number of benzene rings is 1. The van der Waals surface area contributed by atoms with Crippen LogP contribution < -0.4 is 10.6 Å². The number of guanidine groups is 1. The second-order valence-electron chi connectivity index (χ2n) is 4.75. The van der Waals surface area contributed by atoms with E-state index >= 15 is 0 Å². The molecule has 0 saturated carbocycles. The van der Waals surface area contributed by atoms with Gasteiger partial charge in [0.25, 0.3) is 0 Å². The molecule has 0 unspecified atom stereocenters. The van der Waals surface area contributed by atoms with Crippen LogP contribution in [0.2, 0.25) is 0 Å². The van der Waals surface area contributed by atoms with Gasteiger partial charge in [0.2, 0.25) is 0 Å². The third-order valence-electron chi connectivity index (χ3n) is 3.26. The molecular weight excluding hydrogens is 389 g/mol. The van der Waals surface area contributed by atoms with Gasteiger partial charge in [0, 0.05) is 12.7 Å². The van der Waals surface area contributed by atoms with Crippen LogP contribution in [0.4, 0.5) is 0 Å². The van der Waals surface area contributed by atoms with Crippen LogP contribution in [0.5, 0.6) is 0 Å². The number of aromatic amines is 1. The van der Waals surface area contributed by atoms with Gasteiger partial charge in [-0.3, -0.25) is 5.10 Å². The molecule has 0 amide bonds. The molecule has 22 heavy (non-hydrogen) atoms. The number of halogens is 1. The first-order valence-corrected chi connectivity index (χ1v) is 7.40. The standard InChI is InChI=1S/C16H23N5.HI/c1-3-13-7-5-6-8-14(13)11-18-16(17-4-2)19-12-15-9-10-20-21-15;/h5-10H,3-4,11-12H2,1-2H3,(H,20,21)(H2,17,18,19);1H. The summed E-state index contributed by atoms with van der Waals surface area (Å²) in [6.07, 6.45) is 2.78. The SMILES string of the molecule is CCNC(=NCc1ccccc1CC)NCc1ccn[nH]1.I. The number of aromatic nitrogens is 2. The Labute approximate surface area is 149 Å². The highest BCUT2D eigenvalue weighted by molar-refractivity contribution is 14.0. The number of H-pyrrole nitrogens is 1. The second-order valence-corrected chi connectivity index (χ2v) is 4.75. The van der Waals surface area contributed by atoms with Crippen molar-refractivity contribution in [2.24, 2.45) is 4.99 Å². The van der Waals surface area contributed by atoms with Gasteiger partial charge in [0.15, 0.2) is 5.96 Å². The fourth-order valence-electron chi connectivity index (χ4n) is 2.12. The van der Waals surface area contributed by atoms with Crippen LogP contribution in [-0.4, -0.2) is 22.7 Å². The summed E-state index contributed by atoms with van der Waals surface area (Å²) in [7, 11) is 0. The third kappa shape index (κ3) is 5.67. The molecule has 0 radical (unpaired) electrons. The molecule has 1 aromatic carbocycles. The summed E-state index contributed by atoms with van der Waals surface area (Å²) in [5.41, 5.74) is 3.67. The van der Waals surface area contributed by atoms with Gasteiger partial charge in [-0.25, -0.2) is 4.99 Å². The highest BCUT2D eigenvalue weighted by Gasteiger charge is 2.01. The highest BCUT2D eigenvalue weighted by atomic mass is 127. The van der Waals surface area contributed by atoms with Gasteiger partial charge in [0.1, 0.15) is 0 Å². The molecule has 120 valence electrons. The summed E-state index contributed by atoms with van der Waals surface area (Å²) in [4.78, 5) is 4.65. The van der Waals surface area contributed by atoms with Crippen LogP contribution in [0.15, 0.2) is 41.5 Å². The van der Waals surface area contributed by atoms with E-state index in [1.165, 1.54) is 11.1 Å². The molecule has 1 aromatic heterocycles. The maximum absolute atomic E-state index is 4.65. The lowest BCUT2D eigenvalue weighted by atomic mass is 10.1. The zero-order chi connectivity index (χ0) is 14.9.